The fraction of sp³-hybridized carbons (Fsp3) is 0.300. The van der Waals surface area contributed by atoms with Gasteiger partial charge >= 0.3 is 12.1 Å². The first-order valence-electron chi connectivity index (χ1n) is 8.74. The summed E-state index contributed by atoms with van der Waals surface area (Å²) in [6.07, 6.45) is 1.63. The molecule has 0 aliphatic rings. The molecule has 0 amide bonds. The second-order valence-electron chi connectivity index (χ2n) is 5.58. The number of esters is 1. The number of hydrogen-bond donors (Lipinski definition) is 0. The van der Waals surface area contributed by atoms with Crippen LogP contribution in [0.5, 0.6) is 5.75 Å². The van der Waals surface area contributed by atoms with Gasteiger partial charge in [0.05, 0.1) is 44.6 Å². The second kappa shape index (κ2) is 15.8. The lowest BCUT2D eigenvalue weighted by Gasteiger charge is -2.06. The normalized spacial score (nSPS) is 9.21. The molecular formula is C20H21Cl3N2O8. The highest BCUT2D eigenvalue weighted by atomic mass is 35.5. The van der Waals surface area contributed by atoms with E-state index in [4.69, 9.17) is 39.5 Å². The van der Waals surface area contributed by atoms with Gasteiger partial charge < -0.3 is 18.9 Å². The predicted molar refractivity (Wildman–Crippen MR) is 120 cm³/mol. The fourth-order valence-electron chi connectivity index (χ4n) is 1.84. The van der Waals surface area contributed by atoms with E-state index in [1.807, 2.05) is 0 Å². The van der Waals surface area contributed by atoms with Crippen molar-refractivity contribution in [2.24, 2.45) is 0 Å². The van der Waals surface area contributed by atoms with Crippen molar-refractivity contribution in [3.05, 3.63) is 51.0 Å². The lowest BCUT2D eigenvalue weighted by molar-refractivity contribution is -0.139. The van der Waals surface area contributed by atoms with Gasteiger partial charge in [-0.3, -0.25) is 14.4 Å². The number of pyridine rings is 2. The van der Waals surface area contributed by atoms with Gasteiger partial charge in [-0.25, -0.2) is 14.8 Å². The molecule has 0 unspecified atom stereocenters. The summed E-state index contributed by atoms with van der Waals surface area (Å²) < 4.78 is 17.4. The van der Waals surface area contributed by atoms with E-state index in [2.05, 4.69) is 24.2 Å². The van der Waals surface area contributed by atoms with Crippen LogP contribution >= 0.6 is 34.8 Å². The van der Waals surface area contributed by atoms with Gasteiger partial charge in [-0.15, -0.1) is 0 Å². The monoisotopic (exact) mass is 522 g/mol. The molecule has 0 atom stereocenters. The van der Waals surface area contributed by atoms with Gasteiger partial charge in [0.2, 0.25) is 0 Å². The molecule has 13 heteroatoms. The van der Waals surface area contributed by atoms with E-state index in [0.717, 1.165) is 0 Å². The number of methoxy groups -OCH3 is 4. The van der Waals surface area contributed by atoms with Crippen molar-refractivity contribution < 1.29 is 38.1 Å². The van der Waals surface area contributed by atoms with E-state index >= 15 is 0 Å². The molecule has 0 aliphatic carbocycles. The minimum atomic E-state index is -0.657. The van der Waals surface area contributed by atoms with Gasteiger partial charge in [-0.1, -0.05) is 34.8 Å². The summed E-state index contributed by atoms with van der Waals surface area (Å²) in [6.45, 7) is 1.43. The molecule has 0 aliphatic heterocycles. The summed E-state index contributed by atoms with van der Waals surface area (Å²) >= 11 is 16.8. The molecule has 10 nitrogen and oxygen atoms in total. The third kappa shape index (κ3) is 11.5. The molecule has 33 heavy (non-hydrogen) atoms. The quantitative estimate of drug-likeness (QED) is 0.239. The summed E-state index contributed by atoms with van der Waals surface area (Å²) in [7, 11) is 5.13. The Labute approximate surface area is 205 Å². The molecule has 0 saturated heterocycles. The third-order valence-electron chi connectivity index (χ3n) is 3.42. The lowest BCUT2D eigenvalue weighted by atomic mass is 10.1. The number of halogens is 3. The van der Waals surface area contributed by atoms with Crippen LogP contribution in [0.25, 0.3) is 0 Å². The minimum Gasteiger partial charge on any atom is -0.496 e. The largest absolute Gasteiger partial charge is 0.507 e. The van der Waals surface area contributed by atoms with Crippen LogP contribution in [0, 0.1) is 0 Å². The van der Waals surface area contributed by atoms with Crippen LogP contribution in [-0.4, -0.2) is 62.1 Å². The Morgan fingerprint density at radius 2 is 1.33 bits per heavy atom. The van der Waals surface area contributed by atoms with Crippen LogP contribution in [-0.2, 0) is 19.0 Å². The molecule has 0 fully saturated rings. The first-order valence-corrected chi connectivity index (χ1v) is 9.87. The van der Waals surface area contributed by atoms with Crippen molar-refractivity contribution in [2.75, 3.05) is 28.4 Å². The van der Waals surface area contributed by atoms with Gasteiger partial charge in [-0.05, 0) is 13.0 Å². The second-order valence-corrected chi connectivity index (χ2v) is 6.77. The van der Waals surface area contributed by atoms with Crippen molar-refractivity contribution in [3.8, 4) is 5.75 Å². The zero-order valence-corrected chi connectivity index (χ0v) is 20.6. The number of Topliss-reactive ketones (excluding diaryl/α,β-unsaturated/α-hetero) is 2. The number of ketones is 2. The van der Waals surface area contributed by atoms with Gasteiger partial charge in [0.25, 0.3) is 0 Å². The van der Waals surface area contributed by atoms with Crippen LogP contribution in [0.3, 0.4) is 0 Å². The van der Waals surface area contributed by atoms with Crippen molar-refractivity contribution in [2.45, 2.75) is 13.3 Å². The van der Waals surface area contributed by atoms with Crippen LogP contribution in [0.4, 0.5) is 4.79 Å². The first-order chi connectivity index (χ1) is 15.5. The smallest absolute Gasteiger partial charge is 0.496 e. The summed E-state index contributed by atoms with van der Waals surface area (Å²) in [4.78, 5) is 50.6. The molecule has 0 radical (unpaired) electrons. The van der Waals surface area contributed by atoms with E-state index < -0.39 is 17.9 Å². The van der Waals surface area contributed by atoms with Gasteiger partial charge in [0, 0.05) is 18.5 Å². The number of aromatic nitrogens is 2. The molecular weight excluding hydrogens is 503 g/mol. The summed E-state index contributed by atoms with van der Waals surface area (Å²) in [5.74, 6) is -0.858. The van der Waals surface area contributed by atoms with Crippen LogP contribution in [0.2, 0.25) is 15.3 Å². The number of rotatable bonds is 5. The molecule has 0 spiro atoms. The maximum Gasteiger partial charge on any atom is 0.507 e. The Kier molecular flexibility index (Phi) is 14.4. The minimum absolute atomic E-state index is 0.112. The van der Waals surface area contributed by atoms with Crippen molar-refractivity contribution >= 4 is 58.5 Å². The molecule has 0 aromatic carbocycles. The number of hydrogen-bond acceptors (Lipinski definition) is 10. The number of ether oxygens (including phenoxy) is 4. The average Bonchev–Trinajstić information content (AvgIpc) is 2.78. The lowest BCUT2D eigenvalue weighted by Crippen LogP contribution is -2.11. The van der Waals surface area contributed by atoms with Gasteiger partial charge in [0.15, 0.2) is 11.6 Å². The molecule has 0 N–H and O–H groups in total. The summed E-state index contributed by atoms with van der Waals surface area (Å²) in [5, 5.41) is 0.851. The van der Waals surface area contributed by atoms with Gasteiger partial charge in [-0.2, -0.15) is 0 Å². The highest BCUT2D eigenvalue weighted by molar-refractivity contribution is 6.36. The van der Waals surface area contributed by atoms with Crippen molar-refractivity contribution in [1.82, 2.24) is 9.97 Å². The Bertz CT molecular complexity index is 980. The van der Waals surface area contributed by atoms with Crippen LogP contribution < -0.4 is 4.74 Å². The predicted octanol–water partition coefficient (Wildman–Crippen LogP) is 4.48. The first kappa shape index (κ1) is 30.0. The Morgan fingerprint density at radius 3 is 1.73 bits per heavy atom. The Morgan fingerprint density at radius 1 is 0.818 bits per heavy atom. The van der Waals surface area contributed by atoms with E-state index in [-0.39, 0.29) is 28.7 Å². The standard InChI is InChI=1S/C10H10ClNO4.C7H5Cl2NO.C3H6O3/c1-15-8-4-9(11)12-5-6(8)7(13)3-10(14)16-2;1-4(11)5-3-10-7(9)2-6(5)8;1-5-3(4)6-2/h4-5H,3H2,1-2H3;2-3H,1H3;1-2H3. The van der Waals surface area contributed by atoms with Gasteiger partial charge in [0.1, 0.15) is 22.5 Å². The Hall–Kier alpha value is -2.95. The van der Waals surface area contributed by atoms with Crippen molar-refractivity contribution in [1.29, 1.82) is 0 Å². The van der Waals surface area contributed by atoms with E-state index in [9.17, 15) is 19.2 Å². The summed E-state index contributed by atoms with van der Waals surface area (Å²) in [6, 6.07) is 2.85. The van der Waals surface area contributed by atoms with E-state index in [1.165, 1.54) is 59.9 Å². The maximum absolute atomic E-state index is 11.6. The zero-order chi connectivity index (χ0) is 25.6. The SMILES string of the molecule is CC(=O)c1cnc(Cl)cc1Cl.COC(=O)CC(=O)c1cnc(Cl)cc1OC.COC(=O)OC. The molecule has 2 heterocycles. The Balaban J connectivity index is 0.000000520. The molecule has 0 bridgehead atoms. The molecule has 2 aromatic rings. The molecule has 180 valence electrons. The van der Waals surface area contributed by atoms with Crippen LogP contribution in [0.1, 0.15) is 34.1 Å². The highest BCUT2D eigenvalue weighted by Crippen LogP contribution is 2.22. The topological polar surface area (TPSA) is 131 Å². The van der Waals surface area contributed by atoms with Crippen LogP contribution in [0.15, 0.2) is 24.5 Å². The zero-order valence-electron chi connectivity index (χ0n) is 18.3. The molecule has 2 rings (SSSR count). The molecule has 0 saturated carbocycles. The van der Waals surface area contributed by atoms with Crippen molar-refractivity contribution in [3.63, 3.8) is 0 Å². The number of carbonyl (C=O) groups excluding carboxylic acids is 4. The maximum atomic E-state index is 11.6. The fourth-order valence-corrected chi connectivity index (χ4v) is 2.49. The average molecular weight is 524 g/mol. The number of nitrogens with zero attached hydrogens (tertiary/aromatic N) is 2. The highest BCUT2D eigenvalue weighted by Gasteiger charge is 2.17. The third-order valence-corrected chi connectivity index (χ3v) is 4.14. The number of carbonyl (C=O) groups is 4. The summed E-state index contributed by atoms with van der Waals surface area (Å²) in [5.41, 5.74) is 0.605. The molecule has 2 aromatic heterocycles. The van der Waals surface area contributed by atoms with E-state index in [0.29, 0.717) is 15.7 Å². The van der Waals surface area contributed by atoms with E-state index in [1.54, 1.807) is 0 Å².